The third-order valence-electron chi connectivity index (χ3n) is 1.76. The minimum atomic E-state index is 1.03. The van der Waals surface area contributed by atoms with Crippen molar-refractivity contribution in [2.75, 3.05) is 0 Å². The predicted molar refractivity (Wildman–Crippen MR) is 60.1 cm³/mol. The summed E-state index contributed by atoms with van der Waals surface area (Å²) in [5, 5.41) is 0. The number of hydrogen-bond acceptors (Lipinski definition) is 1. The molecule has 0 atom stereocenters. The molecule has 0 fully saturated rings. The Morgan fingerprint density at radius 3 is 1.71 bits per heavy atom. The van der Waals surface area contributed by atoms with E-state index < -0.39 is 0 Å². The maximum absolute atomic E-state index is 4.10. The molecule has 1 aromatic heterocycles. The van der Waals surface area contributed by atoms with E-state index in [1.807, 2.05) is 60.8 Å². The molecule has 0 aliphatic carbocycles. The zero-order valence-corrected chi connectivity index (χ0v) is 8.43. The van der Waals surface area contributed by atoms with Crippen molar-refractivity contribution < 1.29 is 0 Å². The highest BCUT2D eigenvalue weighted by Gasteiger charge is 1.81. The van der Waals surface area contributed by atoms with E-state index >= 15 is 0 Å². The second-order valence-electron chi connectivity index (χ2n) is 2.83. The van der Waals surface area contributed by atoms with Gasteiger partial charge in [-0.15, -0.1) is 0 Å². The molecule has 14 heavy (non-hydrogen) atoms. The summed E-state index contributed by atoms with van der Waals surface area (Å²) in [5.74, 6) is 0. The number of pyridine rings is 1. The van der Waals surface area contributed by atoms with Crippen molar-refractivity contribution in [3.8, 4) is 0 Å². The lowest BCUT2D eigenvalue weighted by Gasteiger charge is -1.88. The Bertz CT molecular complexity index is 289. The van der Waals surface area contributed by atoms with Crippen molar-refractivity contribution in [3.05, 3.63) is 66.5 Å². The lowest BCUT2D eigenvalue weighted by Crippen LogP contribution is -1.81. The fourth-order valence-electron chi connectivity index (χ4n) is 0.992. The van der Waals surface area contributed by atoms with Gasteiger partial charge in [-0.3, -0.25) is 4.98 Å². The first-order chi connectivity index (χ1) is 6.93. The first kappa shape index (κ1) is 10.5. The number of aryl methyl sites for hydroxylation is 1. The van der Waals surface area contributed by atoms with Crippen molar-refractivity contribution in [1.82, 2.24) is 4.98 Å². The molecule has 1 nitrogen and oxygen atoms in total. The molecule has 0 aliphatic heterocycles. The van der Waals surface area contributed by atoms with Crippen LogP contribution >= 0.6 is 0 Å². The molecule has 0 aliphatic rings. The Hall–Kier alpha value is -1.63. The Labute approximate surface area is 85.4 Å². The Morgan fingerprint density at radius 1 is 0.857 bits per heavy atom. The van der Waals surface area contributed by atoms with Gasteiger partial charge in [0.15, 0.2) is 0 Å². The van der Waals surface area contributed by atoms with Crippen LogP contribution in [0.25, 0.3) is 0 Å². The Kier molecular flexibility index (Phi) is 5.11. The standard InChI is InChI=1S/C7H9N.C6H6/c1-2-7-5-3-4-6-8-7;1-2-4-6-5-3-1/h3-6H,2H2,1H3;1-6H. The van der Waals surface area contributed by atoms with E-state index in [4.69, 9.17) is 0 Å². The summed E-state index contributed by atoms with van der Waals surface area (Å²) in [4.78, 5) is 4.10. The topological polar surface area (TPSA) is 12.9 Å². The number of aromatic nitrogens is 1. The quantitative estimate of drug-likeness (QED) is 0.664. The molecule has 0 radical (unpaired) electrons. The largest absolute Gasteiger partial charge is 0.261 e. The van der Waals surface area contributed by atoms with Crippen LogP contribution in [-0.4, -0.2) is 4.98 Å². The van der Waals surface area contributed by atoms with Crippen molar-refractivity contribution in [1.29, 1.82) is 0 Å². The maximum atomic E-state index is 4.10. The molecule has 72 valence electrons. The third-order valence-corrected chi connectivity index (χ3v) is 1.76. The van der Waals surface area contributed by atoms with Crippen molar-refractivity contribution in [3.63, 3.8) is 0 Å². The summed E-state index contributed by atoms with van der Waals surface area (Å²) in [7, 11) is 0. The van der Waals surface area contributed by atoms with E-state index in [1.54, 1.807) is 0 Å². The number of benzene rings is 1. The molecule has 2 rings (SSSR count). The van der Waals surface area contributed by atoms with Crippen LogP contribution in [0.3, 0.4) is 0 Å². The Morgan fingerprint density at radius 2 is 1.43 bits per heavy atom. The van der Waals surface area contributed by atoms with Crippen molar-refractivity contribution in [2.45, 2.75) is 13.3 Å². The molecule has 0 bridgehead atoms. The molecule has 1 heterocycles. The number of hydrogen-bond donors (Lipinski definition) is 0. The summed E-state index contributed by atoms with van der Waals surface area (Å²) >= 11 is 0. The van der Waals surface area contributed by atoms with Gasteiger partial charge in [-0.2, -0.15) is 0 Å². The van der Waals surface area contributed by atoms with Gasteiger partial charge >= 0.3 is 0 Å². The van der Waals surface area contributed by atoms with Gasteiger partial charge in [0.05, 0.1) is 0 Å². The summed E-state index contributed by atoms with van der Waals surface area (Å²) in [6.07, 6.45) is 2.85. The molecule has 0 amide bonds. The minimum absolute atomic E-state index is 1.03. The minimum Gasteiger partial charge on any atom is -0.261 e. The van der Waals surface area contributed by atoms with Gasteiger partial charge < -0.3 is 0 Å². The van der Waals surface area contributed by atoms with Crippen LogP contribution in [0.15, 0.2) is 60.8 Å². The fourth-order valence-corrected chi connectivity index (χ4v) is 0.992. The third kappa shape index (κ3) is 4.41. The molecule has 1 heteroatoms. The molecule has 0 saturated heterocycles. The molecule has 0 saturated carbocycles. The summed E-state index contributed by atoms with van der Waals surface area (Å²) in [5.41, 5.74) is 1.16. The average molecular weight is 185 g/mol. The van der Waals surface area contributed by atoms with Crippen LogP contribution in [0.2, 0.25) is 0 Å². The van der Waals surface area contributed by atoms with E-state index in [0.29, 0.717) is 0 Å². The van der Waals surface area contributed by atoms with E-state index in [2.05, 4.69) is 11.9 Å². The normalized spacial score (nSPS) is 8.64. The van der Waals surface area contributed by atoms with Gasteiger partial charge in [-0.05, 0) is 18.6 Å². The first-order valence-corrected chi connectivity index (χ1v) is 4.83. The molecule has 0 N–H and O–H groups in total. The lowest BCUT2D eigenvalue weighted by atomic mass is 10.3. The maximum Gasteiger partial charge on any atom is 0.0400 e. The van der Waals surface area contributed by atoms with Crippen LogP contribution in [0.4, 0.5) is 0 Å². The van der Waals surface area contributed by atoms with E-state index in [1.165, 1.54) is 0 Å². The summed E-state index contributed by atoms with van der Waals surface area (Å²) < 4.78 is 0. The van der Waals surface area contributed by atoms with Gasteiger partial charge in [0, 0.05) is 11.9 Å². The monoisotopic (exact) mass is 185 g/mol. The van der Waals surface area contributed by atoms with Crippen LogP contribution < -0.4 is 0 Å². The molecule has 0 spiro atoms. The highest BCUT2D eigenvalue weighted by molar-refractivity contribution is 5.02. The molecular weight excluding hydrogens is 170 g/mol. The molecular formula is C13H15N. The summed E-state index contributed by atoms with van der Waals surface area (Å²) in [6, 6.07) is 18.0. The second-order valence-corrected chi connectivity index (χ2v) is 2.83. The second kappa shape index (κ2) is 6.84. The Balaban J connectivity index is 0.000000146. The smallest absolute Gasteiger partial charge is 0.0400 e. The predicted octanol–water partition coefficient (Wildman–Crippen LogP) is 3.33. The number of rotatable bonds is 1. The lowest BCUT2D eigenvalue weighted by molar-refractivity contribution is 1.04. The van der Waals surface area contributed by atoms with Gasteiger partial charge in [0.25, 0.3) is 0 Å². The van der Waals surface area contributed by atoms with Crippen LogP contribution in [0, 0.1) is 0 Å². The zero-order valence-electron chi connectivity index (χ0n) is 8.43. The molecule has 1 aromatic carbocycles. The first-order valence-electron chi connectivity index (χ1n) is 4.83. The van der Waals surface area contributed by atoms with Gasteiger partial charge in [-0.1, -0.05) is 49.4 Å². The van der Waals surface area contributed by atoms with E-state index in [-0.39, 0.29) is 0 Å². The van der Waals surface area contributed by atoms with Gasteiger partial charge in [-0.25, -0.2) is 0 Å². The molecule has 2 aromatic rings. The van der Waals surface area contributed by atoms with Crippen LogP contribution in [-0.2, 0) is 6.42 Å². The van der Waals surface area contributed by atoms with E-state index in [0.717, 1.165) is 12.1 Å². The zero-order chi connectivity index (χ0) is 10.1. The highest BCUT2D eigenvalue weighted by atomic mass is 14.6. The van der Waals surface area contributed by atoms with Gasteiger partial charge in [0.2, 0.25) is 0 Å². The van der Waals surface area contributed by atoms with Gasteiger partial charge in [0.1, 0.15) is 0 Å². The SMILES string of the molecule is CCc1ccccn1.c1ccccc1. The highest BCUT2D eigenvalue weighted by Crippen LogP contribution is 1.91. The van der Waals surface area contributed by atoms with Crippen molar-refractivity contribution >= 4 is 0 Å². The summed E-state index contributed by atoms with van der Waals surface area (Å²) in [6.45, 7) is 2.10. The van der Waals surface area contributed by atoms with Crippen LogP contribution in [0.1, 0.15) is 12.6 Å². The van der Waals surface area contributed by atoms with Crippen LogP contribution in [0.5, 0.6) is 0 Å². The van der Waals surface area contributed by atoms with E-state index in [9.17, 15) is 0 Å². The number of nitrogens with zero attached hydrogens (tertiary/aromatic N) is 1. The van der Waals surface area contributed by atoms with Crippen molar-refractivity contribution in [2.24, 2.45) is 0 Å². The fraction of sp³-hybridized carbons (Fsp3) is 0.154. The average Bonchev–Trinajstić information content (AvgIpc) is 2.33. The molecule has 0 unspecified atom stereocenters.